The first-order chi connectivity index (χ1) is 24.1. The van der Waals surface area contributed by atoms with Crippen LogP contribution in [0.1, 0.15) is 110 Å². The first kappa shape index (κ1) is 34.6. The van der Waals surface area contributed by atoms with Gasteiger partial charge < -0.3 is 19.7 Å². The summed E-state index contributed by atoms with van der Waals surface area (Å²) in [6.45, 7) is 5.58. The third-order valence-electron chi connectivity index (χ3n) is 12.4. The van der Waals surface area contributed by atoms with E-state index in [1.165, 1.54) is 11.8 Å². The number of fused-ring (bicyclic) bond motifs is 8. The number of carbonyl (C=O) groups excluding carboxylic acids is 1. The standard InChI is InChI=1S/C44H51NO5/c1-31-12-9-24-42(2)38(36-22-20-32(28-35(46)21-19-31)29-37(36)41(47)39-17-11-27-50-39)23-25-43(42,48)30-45-26-10-18-40(45)44(49,33-13-5-3-6-14-33)34-15-7-4-8-16-34/h3-8,11-17,20,22,27,29,35,38,40,46,48-49H,9-10,18-19,21,23-26,28,30H2,1-2H3. The quantitative estimate of drug-likeness (QED) is 0.136. The number of hydrogen-bond donors (Lipinski definition) is 3. The molecule has 5 unspecified atom stereocenters. The third kappa shape index (κ3) is 6.32. The lowest BCUT2D eigenvalue weighted by Crippen LogP contribution is -2.57. The van der Waals surface area contributed by atoms with E-state index < -0.39 is 22.7 Å². The Morgan fingerprint density at radius 1 is 0.940 bits per heavy atom. The fourth-order valence-electron chi connectivity index (χ4n) is 9.50. The minimum atomic E-state index is -1.25. The van der Waals surface area contributed by atoms with Crippen molar-refractivity contribution in [2.75, 3.05) is 13.1 Å². The van der Waals surface area contributed by atoms with E-state index in [4.69, 9.17) is 4.42 Å². The van der Waals surface area contributed by atoms with Crippen LogP contribution in [0.3, 0.4) is 0 Å². The van der Waals surface area contributed by atoms with Gasteiger partial charge in [-0.15, -0.1) is 0 Å². The summed E-state index contributed by atoms with van der Waals surface area (Å²) in [7, 11) is 0. The first-order valence-corrected chi connectivity index (χ1v) is 18.5. The van der Waals surface area contributed by atoms with Crippen LogP contribution < -0.4 is 0 Å². The maximum absolute atomic E-state index is 14.1. The topological polar surface area (TPSA) is 94.1 Å². The summed E-state index contributed by atoms with van der Waals surface area (Å²) in [6.07, 6.45) is 9.82. The van der Waals surface area contributed by atoms with E-state index in [1.54, 1.807) is 12.1 Å². The van der Waals surface area contributed by atoms with Crippen molar-refractivity contribution in [2.45, 2.75) is 101 Å². The second-order valence-corrected chi connectivity index (χ2v) is 15.4. The zero-order chi connectivity index (χ0) is 34.9. The molecule has 0 spiro atoms. The Labute approximate surface area is 296 Å². The van der Waals surface area contributed by atoms with E-state index in [2.05, 4.69) is 37.0 Å². The molecule has 1 aliphatic heterocycles. The number of β-amino-alcohol motifs (C(OH)–C–C–N with tert-alkyl or cyclic N) is 1. The number of benzene rings is 3. The summed E-state index contributed by atoms with van der Waals surface area (Å²) in [4.78, 5) is 16.4. The van der Waals surface area contributed by atoms with Gasteiger partial charge in [0.2, 0.25) is 5.78 Å². The Bertz CT molecular complexity index is 1760. The molecule has 1 saturated heterocycles. The molecule has 6 nitrogen and oxygen atoms in total. The minimum absolute atomic E-state index is 0.0831. The Hall–Kier alpha value is -3.81. The Balaban J connectivity index is 1.29. The van der Waals surface area contributed by atoms with Crippen LogP contribution in [0.15, 0.2) is 113 Å². The predicted molar refractivity (Wildman–Crippen MR) is 196 cm³/mol. The molecule has 8 rings (SSSR count). The van der Waals surface area contributed by atoms with Crippen molar-refractivity contribution in [3.63, 3.8) is 0 Å². The second-order valence-electron chi connectivity index (χ2n) is 15.4. The predicted octanol–water partition coefficient (Wildman–Crippen LogP) is 7.95. The summed E-state index contributed by atoms with van der Waals surface area (Å²) in [5.74, 6) is 0.0391. The Morgan fingerprint density at radius 2 is 1.66 bits per heavy atom. The van der Waals surface area contributed by atoms with Crippen molar-refractivity contribution in [3.8, 4) is 0 Å². The molecule has 0 radical (unpaired) electrons. The molecule has 262 valence electrons. The molecular weight excluding hydrogens is 622 g/mol. The van der Waals surface area contributed by atoms with Gasteiger partial charge in [0, 0.05) is 23.6 Å². The Kier molecular flexibility index (Phi) is 9.75. The molecule has 0 amide bonds. The van der Waals surface area contributed by atoms with Crippen molar-refractivity contribution >= 4 is 5.78 Å². The van der Waals surface area contributed by atoms with Gasteiger partial charge in [-0.3, -0.25) is 9.69 Å². The van der Waals surface area contributed by atoms with E-state index in [-0.39, 0.29) is 17.7 Å². The number of furan rings is 1. The van der Waals surface area contributed by atoms with Crippen molar-refractivity contribution in [2.24, 2.45) is 5.41 Å². The lowest BCUT2D eigenvalue weighted by Gasteiger charge is -2.48. The van der Waals surface area contributed by atoms with Crippen LogP contribution in [0.4, 0.5) is 0 Å². The van der Waals surface area contributed by atoms with Gasteiger partial charge in [-0.25, -0.2) is 0 Å². The largest absolute Gasteiger partial charge is 0.461 e. The minimum Gasteiger partial charge on any atom is -0.461 e. The first-order valence-electron chi connectivity index (χ1n) is 18.5. The van der Waals surface area contributed by atoms with Gasteiger partial charge in [-0.2, -0.15) is 0 Å². The van der Waals surface area contributed by atoms with E-state index in [0.29, 0.717) is 37.1 Å². The van der Waals surface area contributed by atoms with E-state index in [0.717, 1.165) is 67.3 Å². The smallest absolute Gasteiger partial charge is 0.228 e. The third-order valence-corrected chi connectivity index (χ3v) is 12.4. The molecule has 5 atom stereocenters. The number of carbonyl (C=O) groups is 1. The van der Waals surface area contributed by atoms with Gasteiger partial charge in [0.1, 0.15) is 5.60 Å². The molecule has 1 aromatic heterocycles. The number of aliphatic hydroxyl groups excluding tert-OH is 1. The highest BCUT2D eigenvalue weighted by atomic mass is 16.3. The Morgan fingerprint density at radius 3 is 2.34 bits per heavy atom. The van der Waals surface area contributed by atoms with Crippen LogP contribution in [0.2, 0.25) is 0 Å². The molecule has 3 N–H and O–H groups in total. The average Bonchev–Trinajstić information content (AvgIpc) is 3.89. The number of rotatable bonds is 7. The molecule has 2 fully saturated rings. The number of allylic oxidation sites excluding steroid dienone is 2. The monoisotopic (exact) mass is 673 g/mol. The fraction of sp³-hybridized carbons (Fsp3) is 0.432. The molecule has 1 saturated carbocycles. The van der Waals surface area contributed by atoms with E-state index in [1.807, 2.05) is 66.7 Å². The molecule has 50 heavy (non-hydrogen) atoms. The highest BCUT2D eigenvalue weighted by Crippen LogP contribution is 2.59. The lowest BCUT2D eigenvalue weighted by atomic mass is 9.64. The van der Waals surface area contributed by atoms with Gasteiger partial charge in [0.15, 0.2) is 5.76 Å². The van der Waals surface area contributed by atoms with Crippen molar-refractivity contribution in [1.29, 1.82) is 0 Å². The van der Waals surface area contributed by atoms with Gasteiger partial charge in [0.05, 0.1) is 18.0 Å². The highest BCUT2D eigenvalue weighted by molar-refractivity contribution is 6.08. The zero-order valence-electron chi connectivity index (χ0n) is 29.4. The summed E-state index contributed by atoms with van der Waals surface area (Å²) in [5, 5.41) is 36.9. The zero-order valence-corrected chi connectivity index (χ0v) is 29.4. The number of likely N-dealkylation sites (tertiary alicyclic amines) is 1. The van der Waals surface area contributed by atoms with Gasteiger partial charge in [-0.05, 0) is 118 Å². The van der Waals surface area contributed by atoms with Gasteiger partial charge >= 0.3 is 0 Å². The molecular formula is C44H51NO5. The molecule has 3 aliphatic carbocycles. The number of nitrogens with zero attached hydrogens (tertiary/aromatic N) is 1. The summed E-state index contributed by atoms with van der Waals surface area (Å²) < 4.78 is 5.61. The molecule has 3 aromatic carbocycles. The summed E-state index contributed by atoms with van der Waals surface area (Å²) >= 11 is 0. The molecule has 6 heteroatoms. The van der Waals surface area contributed by atoms with E-state index in [9.17, 15) is 20.1 Å². The average molecular weight is 674 g/mol. The molecule has 4 aromatic rings. The normalized spacial score (nSPS) is 27.9. The van der Waals surface area contributed by atoms with Gasteiger partial charge in [0.25, 0.3) is 0 Å². The lowest BCUT2D eigenvalue weighted by molar-refractivity contribution is -0.101. The van der Waals surface area contributed by atoms with Crippen LogP contribution in [0, 0.1) is 5.41 Å². The SMILES string of the molecule is CC1=CCCC2(C)C(CCC2(O)CN2CCCC2C(O)(c2ccccc2)c2ccccc2)c2ccc(cc2C(=O)c2ccco2)CC(O)CC1. The van der Waals surface area contributed by atoms with Crippen molar-refractivity contribution in [3.05, 3.63) is 142 Å². The molecule has 2 heterocycles. The van der Waals surface area contributed by atoms with Crippen LogP contribution in [-0.4, -0.2) is 56.8 Å². The number of aliphatic hydroxyl groups is 3. The van der Waals surface area contributed by atoms with Crippen molar-refractivity contribution in [1.82, 2.24) is 4.90 Å². The molecule has 4 aliphatic rings. The van der Waals surface area contributed by atoms with Crippen LogP contribution in [0.5, 0.6) is 0 Å². The summed E-state index contributed by atoms with van der Waals surface area (Å²) in [5.41, 5.74) is 2.52. The maximum atomic E-state index is 14.1. The van der Waals surface area contributed by atoms with Crippen LogP contribution in [0.25, 0.3) is 0 Å². The fourth-order valence-corrected chi connectivity index (χ4v) is 9.50. The summed E-state index contributed by atoms with van der Waals surface area (Å²) in [6, 6.07) is 29.2. The number of ketones is 1. The highest BCUT2D eigenvalue weighted by Gasteiger charge is 2.59. The second kappa shape index (κ2) is 14.1. The van der Waals surface area contributed by atoms with Crippen molar-refractivity contribution < 1.29 is 24.5 Å². The maximum Gasteiger partial charge on any atom is 0.228 e. The number of hydrogen-bond acceptors (Lipinski definition) is 6. The van der Waals surface area contributed by atoms with Gasteiger partial charge in [-0.1, -0.05) is 91.4 Å². The molecule has 2 bridgehead atoms. The van der Waals surface area contributed by atoms with E-state index >= 15 is 0 Å². The van der Waals surface area contributed by atoms with Crippen LogP contribution in [-0.2, 0) is 12.0 Å². The van der Waals surface area contributed by atoms with Crippen LogP contribution >= 0.6 is 0 Å².